The van der Waals surface area contributed by atoms with E-state index in [9.17, 15) is 9.36 Å². The van der Waals surface area contributed by atoms with Gasteiger partial charge in [-0.3, -0.25) is 9.36 Å². The van der Waals surface area contributed by atoms with E-state index in [1.807, 2.05) is 128 Å². The van der Waals surface area contributed by atoms with Crippen LogP contribution in [0.2, 0.25) is 0 Å². The molecule has 1 unspecified atom stereocenters. The van der Waals surface area contributed by atoms with Gasteiger partial charge in [-0.15, -0.1) is 0 Å². The molecule has 0 aliphatic rings. The van der Waals surface area contributed by atoms with Crippen molar-refractivity contribution in [3.63, 3.8) is 0 Å². The lowest BCUT2D eigenvalue weighted by Gasteiger charge is -2.44. The van der Waals surface area contributed by atoms with Gasteiger partial charge in [-0.2, -0.15) is 0 Å². The molecule has 7 heteroatoms. The Hall–Kier alpha value is -4.02. The Balaban J connectivity index is 1.44. The zero-order chi connectivity index (χ0) is 38.0. The van der Waals surface area contributed by atoms with E-state index >= 15 is 0 Å². The van der Waals surface area contributed by atoms with Gasteiger partial charge in [0.1, 0.15) is 28.6 Å². The summed E-state index contributed by atoms with van der Waals surface area (Å²) in [5, 5.41) is -0.851. The molecule has 6 nitrogen and oxygen atoms in total. The van der Waals surface area contributed by atoms with Gasteiger partial charge in [0, 0.05) is 17.5 Å². The molecule has 0 aliphatic heterocycles. The maximum atomic E-state index is 14.4. The molecular weight excluding hydrogens is 655 g/mol. The van der Waals surface area contributed by atoms with Crippen LogP contribution in [0.3, 0.4) is 0 Å². The van der Waals surface area contributed by atoms with Crippen LogP contribution in [-0.4, -0.2) is 29.5 Å². The SMILES string of the molecule is CC(C)Oc1ccc(C(C)(C)c2ccc(OP(C)(=O)C(C)(C)C(C)(C)Oc3ccc(C(C)(C)c4ccc(OC(=O)C(C)C)cc4)cc3)cc2)cc1. The summed E-state index contributed by atoms with van der Waals surface area (Å²) in [7, 11) is -3.27. The molecule has 0 radical (unpaired) electrons. The first kappa shape index (κ1) is 39.8. The molecule has 0 heterocycles. The van der Waals surface area contributed by atoms with Crippen LogP contribution < -0.4 is 18.7 Å². The monoisotopic (exact) mass is 712 g/mol. The van der Waals surface area contributed by atoms with Crippen LogP contribution >= 0.6 is 7.37 Å². The average molecular weight is 713 g/mol. The zero-order valence-corrected chi connectivity index (χ0v) is 33.7. The predicted octanol–water partition coefficient (Wildman–Crippen LogP) is 11.6. The zero-order valence-electron chi connectivity index (χ0n) is 32.8. The third kappa shape index (κ3) is 8.90. The Bertz CT molecular complexity index is 1810. The molecule has 51 heavy (non-hydrogen) atoms. The smallest absolute Gasteiger partial charge is 0.313 e. The Kier molecular flexibility index (Phi) is 11.6. The van der Waals surface area contributed by atoms with Crippen LogP contribution in [0.1, 0.15) is 105 Å². The van der Waals surface area contributed by atoms with E-state index in [-0.39, 0.29) is 28.8 Å². The summed E-state index contributed by atoms with van der Waals surface area (Å²) < 4.78 is 38.5. The van der Waals surface area contributed by atoms with Crippen LogP contribution in [0.5, 0.6) is 23.0 Å². The standard InChI is InChI=1S/C44H57O6P/c1-30(2)40(45)48-37-24-16-33(17-25-37)41(5,6)34-18-26-38(27-19-34)49-43(9,10)44(11,12)51(13,46)50-39-28-20-35(21-29-39)42(7,8)32-14-22-36(23-15-32)47-31(3)4/h14-31H,1-13H3. The topological polar surface area (TPSA) is 71.1 Å². The lowest BCUT2D eigenvalue weighted by Crippen LogP contribution is -2.50. The van der Waals surface area contributed by atoms with E-state index in [4.69, 9.17) is 18.7 Å². The van der Waals surface area contributed by atoms with Crippen molar-refractivity contribution < 1.29 is 28.1 Å². The predicted molar refractivity (Wildman–Crippen MR) is 209 cm³/mol. The lowest BCUT2D eigenvalue weighted by atomic mass is 9.78. The molecular formula is C44H57O6P. The van der Waals surface area contributed by atoms with Crippen LogP contribution in [0.15, 0.2) is 97.1 Å². The Morgan fingerprint density at radius 3 is 1.27 bits per heavy atom. The molecule has 0 aliphatic carbocycles. The van der Waals surface area contributed by atoms with Crippen molar-refractivity contribution in [1.82, 2.24) is 0 Å². The first-order valence-electron chi connectivity index (χ1n) is 17.8. The van der Waals surface area contributed by atoms with Crippen LogP contribution in [0.4, 0.5) is 0 Å². The lowest BCUT2D eigenvalue weighted by molar-refractivity contribution is -0.137. The molecule has 0 saturated heterocycles. The van der Waals surface area contributed by atoms with Crippen molar-refractivity contribution in [2.24, 2.45) is 5.92 Å². The van der Waals surface area contributed by atoms with Gasteiger partial charge in [0.15, 0.2) is 0 Å². The van der Waals surface area contributed by atoms with Crippen molar-refractivity contribution >= 4 is 13.3 Å². The summed E-state index contributed by atoms with van der Waals surface area (Å²) in [5.74, 6) is 2.19. The Morgan fingerprint density at radius 1 is 0.549 bits per heavy atom. The molecule has 274 valence electrons. The van der Waals surface area contributed by atoms with Gasteiger partial charge in [0.05, 0.1) is 17.2 Å². The number of ether oxygens (including phenoxy) is 3. The van der Waals surface area contributed by atoms with E-state index < -0.39 is 18.1 Å². The quantitative estimate of drug-likeness (QED) is 0.0736. The maximum Gasteiger partial charge on any atom is 0.313 e. The number of esters is 1. The van der Waals surface area contributed by atoms with Gasteiger partial charge >= 0.3 is 5.97 Å². The van der Waals surface area contributed by atoms with Gasteiger partial charge in [0.2, 0.25) is 0 Å². The maximum absolute atomic E-state index is 14.4. The van der Waals surface area contributed by atoms with Crippen molar-refractivity contribution in [3.8, 4) is 23.0 Å². The highest BCUT2D eigenvalue weighted by Crippen LogP contribution is 2.60. The van der Waals surface area contributed by atoms with Gasteiger partial charge in [-0.25, -0.2) is 0 Å². The average Bonchev–Trinajstić information content (AvgIpc) is 3.05. The van der Waals surface area contributed by atoms with E-state index in [1.165, 1.54) is 5.56 Å². The van der Waals surface area contributed by atoms with E-state index in [1.54, 1.807) is 6.66 Å². The molecule has 0 aromatic heterocycles. The highest BCUT2D eigenvalue weighted by atomic mass is 31.2. The fraction of sp³-hybridized carbons (Fsp3) is 0.432. The molecule has 4 aromatic carbocycles. The fourth-order valence-electron chi connectivity index (χ4n) is 5.83. The number of benzene rings is 4. The third-order valence-corrected chi connectivity index (χ3v) is 13.6. The fourth-order valence-corrected chi connectivity index (χ4v) is 7.60. The first-order chi connectivity index (χ1) is 23.6. The summed E-state index contributed by atoms with van der Waals surface area (Å²) in [6.45, 7) is 25.9. The molecule has 0 saturated carbocycles. The molecule has 0 spiro atoms. The number of carbonyl (C=O) groups excluding carboxylic acids is 1. The van der Waals surface area contributed by atoms with Crippen molar-refractivity contribution in [2.45, 2.75) is 111 Å². The number of hydrogen-bond acceptors (Lipinski definition) is 6. The minimum absolute atomic E-state index is 0.125. The van der Waals surface area contributed by atoms with E-state index in [2.05, 4.69) is 52.0 Å². The number of hydrogen-bond donors (Lipinski definition) is 0. The Labute approximate surface area is 306 Å². The summed E-state index contributed by atoms with van der Waals surface area (Å²) >= 11 is 0. The van der Waals surface area contributed by atoms with Gasteiger partial charge < -0.3 is 18.7 Å². The molecule has 4 rings (SSSR count). The third-order valence-electron chi connectivity index (χ3n) is 10.5. The second-order valence-electron chi connectivity index (χ2n) is 16.2. The highest BCUT2D eigenvalue weighted by Gasteiger charge is 2.52. The van der Waals surface area contributed by atoms with Gasteiger partial charge in [-0.05, 0) is 112 Å². The Morgan fingerprint density at radius 2 is 0.902 bits per heavy atom. The molecule has 0 fully saturated rings. The molecule has 0 N–H and O–H groups in total. The van der Waals surface area contributed by atoms with Gasteiger partial charge in [-0.1, -0.05) is 90.1 Å². The molecule has 4 aromatic rings. The number of carbonyl (C=O) groups is 1. The highest BCUT2D eigenvalue weighted by molar-refractivity contribution is 7.60. The second-order valence-corrected chi connectivity index (χ2v) is 19.2. The van der Waals surface area contributed by atoms with Crippen molar-refractivity contribution in [3.05, 3.63) is 119 Å². The molecule has 0 amide bonds. The minimum Gasteiger partial charge on any atom is -0.491 e. The summed E-state index contributed by atoms with van der Waals surface area (Å²) in [4.78, 5) is 12.0. The largest absolute Gasteiger partial charge is 0.491 e. The summed E-state index contributed by atoms with van der Waals surface area (Å²) in [6.07, 6.45) is 0.125. The molecule has 0 bridgehead atoms. The second kappa shape index (κ2) is 14.9. The van der Waals surface area contributed by atoms with Gasteiger partial charge in [0.25, 0.3) is 7.37 Å². The van der Waals surface area contributed by atoms with E-state index in [0.717, 1.165) is 22.4 Å². The summed E-state index contributed by atoms with van der Waals surface area (Å²) in [5.41, 5.74) is 3.09. The normalized spacial score (nSPS) is 13.9. The van der Waals surface area contributed by atoms with Crippen LogP contribution in [0.25, 0.3) is 0 Å². The minimum atomic E-state index is -3.27. The summed E-state index contributed by atoms with van der Waals surface area (Å²) in [6, 6.07) is 31.8. The van der Waals surface area contributed by atoms with Crippen LogP contribution in [-0.2, 0) is 20.2 Å². The molecule has 1 atom stereocenters. The van der Waals surface area contributed by atoms with Crippen molar-refractivity contribution in [1.29, 1.82) is 0 Å². The van der Waals surface area contributed by atoms with E-state index in [0.29, 0.717) is 17.2 Å². The first-order valence-corrected chi connectivity index (χ1v) is 19.9. The van der Waals surface area contributed by atoms with Crippen LogP contribution in [0, 0.1) is 5.92 Å². The number of rotatable bonds is 14. The van der Waals surface area contributed by atoms with Crippen molar-refractivity contribution in [2.75, 3.05) is 6.66 Å².